The van der Waals surface area contributed by atoms with Gasteiger partial charge < -0.3 is 4.74 Å². The molecule has 0 aromatic carbocycles. The Hall–Kier alpha value is -1.38. The van der Waals surface area contributed by atoms with Crippen LogP contribution in [0, 0.1) is 17.8 Å². The predicted octanol–water partition coefficient (Wildman–Crippen LogP) is 2.42. The molecule has 0 spiro atoms. The van der Waals surface area contributed by atoms with Crippen LogP contribution >= 0.6 is 0 Å². The molecule has 1 aliphatic heterocycles. The minimum absolute atomic E-state index is 0.0129. The molecule has 1 unspecified atom stereocenters. The largest absolute Gasteiger partial charge is 0.461 e. The highest BCUT2D eigenvalue weighted by Crippen LogP contribution is 2.47. The first-order valence-electron chi connectivity index (χ1n) is 6.63. The summed E-state index contributed by atoms with van der Waals surface area (Å²) in [5, 5.41) is 0. The fraction of sp³-hybridized carbons (Fsp3) is 0.600. The molecule has 2 aliphatic carbocycles. The fourth-order valence-electron chi connectivity index (χ4n) is 3.69. The summed E-state index contributed by atoms with van der Waals surface area (Å²) >= 11 is 0. The van der Waals surface area contributed by atoms with Crippen molar-refractivity contribution in [1.82, 2.24) is 0 Å². The van der Waals surface area contributed by atoms with Gasteiger partial charge >= 0.3 is 5.97 Å². The van der Waals surface area contributed by atoms with Gasteiger partial charge in [0, 0.05) is 17.4 Å². The van der Waals surface area contributed by atoms with E-state index in [1.165, 1.54) is 5.57 Å². The molecule has 96 valence electrons. The van der Waals surface area contributed by atoms with Crippen LogP contribution < -0.4 is 0 Å². The van der Waals surface area contributed by atoms with Gasteiger partial charge in [0.2, 0.25) is 0 Å². The van der Waals surface area contributed by atoms with E-state index in [0.29, 0.717) is 0 Å². The average molecular weight is 246 g/mol. The smallest absolute Gasteiger partial charge is 0.309 e. The van der Waals surface area contributed by atoms with Gasteiger partial charge in [-0.3, -0.25) is 9.59 Å². The summed E-state index contributed by atoms with van der Waals surface area (Å²) in [4.78, 5) is 23.8. The van der Waals surface area contributed by atoms with Gasteiger partial charge in [-0.15, -0.1) is 0 Å². The summed E-state index contributed by atoms with van der Waals surface area (Å²) in [6, 6.07) is 0. The lowest BCUT2D eigenvalue weighted by Gasteiger charge is -2.24. The Balaban J connectivity index is 2.07. The van der Waals surface area contributed by atoms with E-state index in [0.717, 1.165) is 24.0 Å². The van der Waals surface area contributed by atoms with Gasteiger partial charge in [0.05, 0.1) is 5.92 Å². The van der Waals surface area contributed by atoms with Crippen LogP contribution in [0.15, 0.2) is 22.8 Å². The molecule has 0 radical (unpaired) electrons. The minimum atomic E-state index is -0.123. The molecule has 3 nitrogen and oxygen atoms in total. The molecule has 3 rings (SSSR count). The number of ether oxygens (including phenoxy) is 1. The molecule has 0 saturated carbocycles. The zero-order valence-electron chi connectivity index (χ0n) is 11.0. The van der Waals surface area contributed by atoms with E-state index < -0.39 is 0 Å². The van der Waals surface area contributed by atoms with Crippen LogP contribution in [0.1, 0.15) is 33.6 Å². The van der Waals surface area contributed by atoms with Crippen molar-refractivity contribution in [2.45, 2.75) is 39.7 Å². The lowest BCUT2D eigenvalue weighted by Crippen LogP contribution is -2.28. The van der Waals surface area contributed by atoms with Gasteiger partial charge in [-0.05, 0) is 32.8 Å². The number of esters is 1. The van der Waals surface area contributed by atoms with Crippen molar-refractivity contribution in [1.29, 1.82) is 0 Å². The number of carbonyl (C=O) groups is 2. The molecule has 0 aromatic heterocycles. The second-order valence-corrected chi connectivity index (χ2v) is 5.82. The zero-order valence-corrected chi connectivity index (χ0v) is 11.0. The Morgan fingerprint density at radius 2 is 2.00 bits per heavy atom. The monoisotopic (exact) mass is 246 g/mol. The number of allylic oxidation sites excluding steroid dienone is 2. The maximum absolute atomic E-state index is 12.1. The number of hydrogen-bond donors (Lipinski definition) is 0. The molecule has 4 atom stereocenters. The topological polar surface area (TPSA) is 43.4 Å². The molecule has 3 aliphatic rings. The van der Waals surface area contributed by atoms with Crippen LogP contribution in [0.3, 0.4) is 0 Å². The quantitative estimate of drug-likeness (QED) is 0.616. The predicted molar refractivity (Wildman–Crippen MR) is 66.7 cm³/mol. The number of carbonyl (C=O) groups excluding carboxylic acids is 2. The average Bonchev–Trinajstić information content (AvgIpc) is 2.68. The highest BCUT2D eigenvalue weighted by Gasteiger charge is 2.50. The van der Waals surface area contributed by atoms with Crippen molar-refractivity contribution in [3.8, 4) is 0 Å². The summed E-state index contributed by atoms with van der Waals surface area (Å²) in [6.45, 7) is 5.96. The van der Waals surface area contributed by atoms with E-state index >= 15 is 0 Å². The second-order valence-electron chi connectivity index (χ2n) is 5.82. The van der Waals surface area contributed by atoms with Gasteiger partial charge in [-0.2, -0.15) is 0 Å². The summed E-state index contributed by atoms with van der Waals surface area (Å²) in [7, 11) is 0. The van der Waals surface area contributed by atoms with Gasteiger partial charge in [-0.25, -0.2) is 0 Å². The summed E-state index contributed by atoms with van der Waals surface area (Å²) in [5.41, 5.74) is 3.12. The van der Waals surface area contributed by atoms with Crippen molar-refractivity contribution < 1.29 is 14.3 Å². The molecule has 0 amide bonds. The third-order valence-electron chi connectivity index (χ3n) is 4.76. The summed E-state index contributed by atoms with van der Waals surface area (Å²) in [5.74, 6) is 0.246. The first-order chi connectivity index (χ1) is 8.50. The molecule has 3 heteroatoms. The van der Waals surface area contributed by atoms with Crippen molar-refractivity contribution >= 4 is 11.8 Å². The molecule has 0 bridgehead atoms. The first kappa shape index (κ1) is 11.7. The lowest BCUT2D eigenvalue weighted by atomic mass is 9.81. The minimum Gasteiger partial charge on any atom is -0.461 e. The van der Waals surface area contributed by atoms with Crippen LogP contribution in [-0.2, 0) is 14.3 Å². The Bertz CT molecular complexity index is 498. The maximum Gasteiger partial charge on any atom is 0.309 e. The summed E-state index contributed by atoms with van der Waals surface area (Å²) in [6.07, 6.45) is 3.44. The standard InChI is InChI=1S/C15H18O3/c1-7-4-5-10-9(3)15(17)18-14(10)13-8(2)6-11(16)12(7)13/h6,9-10,13-14H,4-5H2,1-3H3/t9-,10?,13+,14-/m0/s1. The third kappa shape index (κ3) is 1.43. The molecule has 1 fully saturated rings. The van der Waals surface area contributed by atoms with E-state index in [1.54, 1.807) is 6.08 Å². The third-order valence-corrected chi connectivity index (χ3v) is 4.76. The van der Waals surface area contributed by atoms with Gasteiger partial charge in [0.25, 0.3) is 0 Å². The van der Waals surface area contributed by atoms with Gasteiger partial charge in [-0.1, -0.05) is 18.1 Å². The van der Waals surface area contributed by atoms with Crippen LogP contribution in [0.5, 0.6) is 0 Å². The SMILES string of the molecule is CC1=CC(=O)C2=C(C)CCC3[C@H](C)C(=O)O[C@@H]3[C@H]12. The fourth-order valence-corrected chi connectivity index (χ4v) is 3.69. The Labute approximate surface area is 107 Å². The summed E-state index contributed by atoms with van der Waals surface area (Å²) < 4.78 is 5.57. The maximum atomic E-state index is 12.1. The van der Waals surface area contributed by atoms with E-state index in [-0.39, 0.29) is 35.6 Å². The van der Waals surface area contributed by atoms with E-state index in [9.17, 15) is 9.59 Å². The Kier molecular flexibility index (Phi) is 2.47. The van der Waals surface area contributed by atoms with E-state index in [1.807, 2.05) is 20.8 Å². The van der Waals surface area contributed by atoms with Crippen molar-refractivity contribution in [2.75, 3.05) is 0 Å². The molecule has 18 heavy (non-hydrogen) atoms. The van der Waals surface area contributed by atoms with Crippen LogP contribution in [0.25, 0.3) is 0 Å². The molecule has 1 saturated heterocycles. The Morgan fingerprint density at radius 3 is 2.72 bits per heavy atom. The molecule has 0 aromatic rings. The Morgan fingerprint density at radius 1 is 1.28 bits per heavy atom. The number of fused-ring (bicyclic) bond motifs is 3. The van der Waals surface area contributed by atoms with Crippen LogP contribution in [-0.4, -0.2) is 17.9 Å². The van der Waals surface area contributed by atoms with Gasteiger partial charge in [0.1, 0.15) is 6.10 Å². The number of hydrogen-bond acceptors (Lipinski definition) is 3. The number of rotatable bonds is 0. The normalized spacial score (nSPS) is 39.2. The van der Waals surface area contributed by atoms with Crippen molar-refractivity contribution in [2.24, 2.45) is 17.8 Å². The highest BCUT2D eigenvalue weighted by atomic mass is 16.6. The second kappa shape index (κ2) is 3.81. The van der Waals surface area contributed by atoms with Gasteiger partial charge in [0.15, 0.2) is 5.78 Å². The van der Waals surface area contributed by atoms with Crippen molar-refractivity contribution in [3.05, 3.63) is 22.8 Å². The highest BCUT2D eigenvalue weighted by molar-refractivity contribution is 6.09. The van der Waals surface area contributed by atoms with E-state index in [4.69, 9.17) is 4.74 Å². The molecular weight excluding hydrogens is 228 g/mol. The lowest BCUT2D eigenvalue weighted by molar-refractivity contribution is -0.144. The zero-order chi connectivity index (χ0) is 13.0. The van der Waals surface area contributed by atoms with Crippen molar-refractivity contribution in [3.63, 3.8) is 0 Å². The van der Waals surface area contributed by atoms with E-state index in [2.05, 4.69) is 0 Å². The van der Waals surface area contributed by atoms with Crippen LogP contribution in [0.2, 0.25) is 0 Å². The van der Waals surface area contributed by atoms with Crippen LogP contribution in [0.4, 0.5) is 0 Å². The molecule has 0 N–H and O–H groups in total. The first-order valence-corrected chi connectivity index (χ1v) is 6.63. The number of ketones is 1. The molecular formula is C15H18O3. The molecule has 1 heterocycles.